The van der Waals surface area contributed by atoms with Gasteiger partial charge in [0.05, 0.1) is 11.5 Å². The number of hydrogen-bond donors (Lipinski definition) is 1. The number of carboxylic acids is 1. The fourth-order valence-corrected chi connectivity index (χ4v) is 1.61. The Kier molecular flexibility index (Phi) is 5.28. The maximum Gasteiger partial charge on any atom is 0.417 e. The predicted octanol–water partition coefficient (Wildman–Crippen LogP) is 2.28. The van der Waals surface area contributed by atoms with Crippen LogP contribution in [-0.4, -0.2) is 40.0 Å². The fourth-order valence-electron chi connectivity index (χ4n) is 1.61. The zero-order valence-electron chi connectivity index (χ0n) is 11.5. The number of aromatic nitrogens is 1. The molecule has 0 bridgehead atoms. The van der Waals surface area contributed by atoms with Gasteiger partial charge >= 0.3 is 12.1 Å². The van der Waals surface area contributed by atoms with Gasteiger partial charge in [0.15, 0.2) is 0 Å². The van der Waals surface area contributed by atoms with Gasteiger partial charge in [0.25, 0.3) is 5.91 Å². The summed E-state index contributed by atoms with van der Waals surface area (Å²) in [7, 11) is 0. The lowest BCUT2D eigenvalue weighted by molar-refractivity contribution is -0.141. The van der Waals surface area contributed by atoms with E-state index >= 15 is 0 Å². The van der Waals surface area contributed by atoms with Gasteiger partial charge in [-0.2, -0.15) is 13.2 Å². The average Bonchev–Trinajstić information content (AvgIpc) is 2.42. The molecule has 0 aromatic carbocycles. The van der Waals surface area contributed by atoms with E-state index in [-0.39, 0.29) is 18.8 Å². The van der Waals surface area contributed by atoms with E-state index in [4.69, 9.17) is 5.11 Å². The van der Waals surface area contributed by atoms with Crippen LogP contribution in [0.4, 0.5) is 13.2 Å². The Morgan fingerprint density at radius 3 is 2.38 bits per heavy atom. The van der Waals surface area contributed by atoms with Gasteiger partial charge in [-0.15, -0.1) is 0 Å². The first-order chi connectivity index (χ1) is 9.66. The maximum absolute atomic E-state index is 12.4. The molecule has 0 aliphatic rings. The monoisotopic (exact) mass is 304 g/mol. The number of carbonyl (C=O) groups excluding carboxylic acids is 1. The summed E-state index contributed by atoms with van der Waals surface area (Å²) in [5, 5.41) is 8.83. The molecule has 0 fully saturated rings. The molecule has 0 saturated carbocycles. The van der Waals surface area contributed by atoms with Crippen molar-refractivity contribution in [3.8, 4) is 0 Å². The van der Waals surface area contributed by atoms with E-state index in [1.807, 2.05) is 0 Å². The molecule has 116 valence electrons. The SMILES string of the molecule is CCN(CC(C)C(=O)O)C(=O)c1ccc(C(F)(F)F)cn1. The summed E-state index contributed by atoms with van der Waals surface area (Å²) in [6.07, 6.45) is -3.93. The molecule has 0 aliphatic carbocycles. The topological polar surface area (TPSA) is 70.5 Å². The molecule has 1 heterocycles. The smallest absolute Gasteiger partial charge is 0.417 e. The zero-order valence-corrected chi connectivity index (χ0v) is 11.5. The van der Waals surface area contributed by atoms with Crippen molar-refractivity contribution in [1.82, 2.24) is 9.88 Å². The Hall–Kier alpha value is -2.12. The van der Waals surface area contributed by atoms with Crippen LogP contribution in [0.2, 0.25) is 0 Å². The number of nitrogens with zero attached hydrogens (tertiary/aromatic N) is 2. The first kappa shape index (κ1) is 16.9. The van der Waals surface area contributed by atoms with Crippen LogP contribution in [0.5, 0.6) is 0 Å². The maximum atomic E-state index is 12.4. The molecule has 1 aromatic heterocycles. The number of rotatable bonds is 5. The van der Waals surface area contributed by atoms with Gasteiger partial charge in [-0.3, -0.25) is 14.6 Å². The molecule has 0 saturated heterocycles. The summed E-state index contributed by atoms with van der Waals surface area (Å²) >= 11 is 0. The largest absolute Gasteiger partial charge is 0.481 e. The highest BCUT2D eigenvalue weighted by molar-refractivity contribution is 5.92. The Balaban J connectivity index is 2.88. The quantitative estimate of drug-likeness (QED) is 0.906. The minimum absolute atomic E-state index is 0.0344. The summed E-state index contributed by atoms with van der Waals surface area (Å²) in [5.74, 6) is -2.43. The normalized spacial score (nSPS) is 12.8. The van der Waals surface area contributed by atoms with Crippen LogP contribution in [0.1, 0.15) is 29.9 Å². The molecule has 5 nitrogen and oxygen atoms in total. The van der Waals surface area contributed by atoms with Crippen LogP contribution in [-0.2, 0) is 11.0 Å². The second-order valence-electron chi connectivity index (χ2n) is 4.51. The average molecular weight is 304 g/mol. The highest BCUT2D eigenvalue weighted by atomic mass is 19.4. The molecule has 1 atom stereocenters. The third-order valence-electron chi connectivity index (χ3n) is 2.89. The first-order valence-corrected chi connectivity index (χ1v) is 6.22. The van der Waals surface area contributed by atoms with Crippen LogP contribution in [0.15, 0.2) is 18.3 Å². The second kappa shape index (κ2) is 6.55. The van der Waals surface area contributed by atoms with Crippen molar-refractivity contribution in [3.63, 3.8) is 0 Å². The number of amides is 1. The Morgan fingerprint density at radius 1 is 1.38 bits per heavy atom. The molecule has 1 rings (SSSR count). The van der Waals surface area contributed by atoms with E-state index in [1.54, 1.807) is 6.92 Å². The molecule has 1 aromatic rings. The molecule has 0 spiro atoms. The van der Waals surface area contributed by atoms with Crippen LogP contribution in [0, 0.1) is 5.92 Å². The van der Waals surface area contributed by atoms with E-state index in [0.717, 1.165) is 12.1 Å². The van der Waals surface area contributed by atoms with Crippen molar-refractivity contribution in [2.75, 3.05) is 13.1 Å². The Labute approximate surface area is 119 Å². The Bertz CT molecular complexity index is 514. The molecule has 1 N–H and O–H groups in total. The lowest BCUT2D eigenvalue weighted by atomic mass is 10.1. The van der Waals surface area contributed by atoms with Crippen molar-refractivity contribution < 1.29 is 27.9 Å². The van der Waals surface area contributed by atoms with E-state index in [9.17, 15) is 22.8 Å². The number of carboxylic acid groups (broad SMARTS) is 1. The van der Waals surface area contributed by atoms with Gasteiger partial charge in [-0.05, 0) is 19.1 Å². The number of hydrogen-bond acceptors (Lipinski definition) is 3. The molecule has 8 heteroatoms. The van der Waals surface area contributed by atoms with Crippen LogP contribution >= 0.6 is 0 Å². The number of alkyl halides is 3. The van der Waals surface area contributed by atoms with Gasteiger partial charge in [-0.1, -0.05) is 6.92 Å². The lowest BCUT2D eigenvalue weighted by Crippen LogP contribution is -2.37. The first-order valence-electron chi connectivity index (χ1n) is 6.22. The van der Waals surface area contributed by atoms with Crippen LogP contribution < -0.4 is 0 Å². The molecular formula is C13H15F3N2O3. The molecule has 1 amide bonds. The summed E-state index contributed by atoms with van der Waals surface area (Å²) < 4.78 is 37.2. The van der Waals surface area contributed by atoms with Crippen molar-refractivity contribution in [2.24, 2.45) is 5.92 Å². The molecule has 0 radical (unpaired) electrons. The molecule has 1 unspecified atom stereocenters. The second-order valence-corrected chi connectivity index (χ2v) is 4.51. The minimum Gasteiger partial charge on any atom is -0.481 e. The highest BCUT2D eigenvalue weighted by Gasteiger charge is 2.31. The van der Waals surface area contributed by atoms with E-state index in [0.29, 0.717) is 6.20 Å². The highest BCUT2D eigenvalue weighted by Crippen LogP contribution is 2.28. The van der Waals surface area contributed by atoms with Gasteiger partial charge in [0, 0.05) is 19.3 Å². The minimum atomic E-state index is -4.52. The van der Waals surface area contributed by atoms with Crippen molar-refractivity contribution in [3.05, 3.63) is 29.6 Å². The van der Waals surface area contributed by atoms with Crippen molar-refractivity contribution in [1.29, 1.82) is 0 Å². The van der Waals surface area contributed by atoms with E-state index < -0.39 is 29.5 Å². The summed E-state index contributed by atoms with van der Waals surface area (Å²) in [6, 6.07) is 1.76. The Morgan fingerprint density at radius 2 is 2.00 bits per heavy atom. The van der Waals surface area contributed by atoms with Gasteiger partial charge in [-0.25, -0.2) is 0 Å². The van der Waals surface area contributed by atoms with Crippen LogP contribution in [0.25, 0.3) is 0 Å². The number of aliphatic carboxylic acids is 1. The fraction of sp³-hybridized carbons (Fsp3) is 0.462. The number of pyridine rings is 1. The lowest BCUT2D eigenvalue weighted by Gasteiger charge is -2.22. The third kappa shape index (κ3) is 4.44. The number of carbonyl (C=O) groups is 2. The summed E-state index contributed by atoms with van der Waals surface area (Å²) in [4.78, 5) is 27.6. The van der Waals surface area contributed by atoms with Crippen LogP contribution in [0.3, 0.4) is 0 Å². The zero-order chi connectivity index (χ0) is 16.2. The number of halogens is 3. The van der Waals surface area contributed by atoms with Crippen molar-refractivity contribution in [2.45, 2.75) is 20.0 Å². The van der Waals surface area contributed by atoms with Gasteiger partial charge in [0.2, 0.25) is 0 Å². The van der Waals surface area contributed by atoms with Gasteiger partial charge in [0.1, 0.15) is 5.69 Å². The summed E-state index contributed by atoms with van der Waals surface area (Å²) in [5.41, 5.74) is -1.09. The summed E-state index contributed by atoms with van der Waals surface area (Å²) in [6.45, 7) is 3.29. The molecular weight excluding hydrogens is 289 g/mol. The van der Waals surface area contributed by atoms with E-state index in [2.05, 4.69) is 4.98 Å². The predicted molar refractivity (Wildman–Crippen MR) is 67.6 cm³/mol. The van der Waals surface area contributed by atoms with Gasteiger partial charge < -0.3 is 10.0 Å². The van der Waals surface area contributed by atoms with E-state index in [1.165, 1.54) is 11.8 Å². The molecule has 0 aliphatic heterocycles. The molecule has 21 heavy (non-hydrogen) atoms. The third-order valence-corrected chi connectivity index (χ3v) is 2.89. The van der Waals surface area contributed by atoms with Crippen molar-refractivity contribution >= 4 is 11.9 Å². The standard InChI is InChI=1S/C13H15F3N2O3/c1-3-18(7-8(2)12(20)21)11(19)10-5-4-9(6-17-10)13(14,15)16/h4-6,8H,3,7H2,1-2H3,(H,20,21).